The first-order valence-corrected chi connectivity index (χ1v) is 10.5. The van der Waals surface area contributed by atoms with Crippen LogP contribution in [0, 0.1) is 0 Å². The van der Waals surface area contributed by atoms with Gasteiger partial charge in [0.1, 0.15) is 12.4 Å². The molecule has 0 N–H and O–H groups in total. The second kappa shape index (κ2) is 7.60. The summed E-state index contributed by atoms with van der Waals surface area (Å²) < 4.78 is 33.9. The molecule has 0 spiro atoms. The molecule has 0 fully saturated rings. The van der Waals surface area contributed by atoms with E-state index < -0.39 is 10.0 Å². The van der Waals surface area contributed by atoms with Gasteiger partial charge in [-0.3, -0.25) is 0 Å². The zero-order chi connectivity index (χ0) is 18.9. The minimum absolute atomic E-state index is 0.207. The van der Waals surface area contributed by atoms with Crippen LogP contribution in [0.15, 0.2) is 58.0 Å². The van der Waals surface area contributed by atoms with Crippen molar-refractivity contribution in [2.45, 2.75) is 4.90 Å². The highest BCUT2D eigenvalue weighted by atomic mass is 79.9. The Morgan fingerprint density at radius 3 is 2.54 bits per heavy atom. The maximum Gasteiger partial charge on any atom is 0.268 e. The van der Waals surface area contributed by atoms with Crippen LogP contribution in [0.1, 0.15) is 0 Å². The number of likely N-dealkylation sites (N-methyl/N-ethyl adjacent to an activating group) is 1. The molecular weight excluding hydrogens is 440 g/mol. The third-order valence-electron chi connectivity index (χ3n) is 3.84. The second-order valence-electron chi connectivity index (χ2n) is 6.04. The number of aromatic nitrogens is 1. The Morgan fingerprint density at radius 2 is 1.88 bits per heavy atom. The highest BCUT2D eigenvalue weighted by Crippen LogP contribution is 2.37. The molecule has 5 nitrogen and oxygen atoms in total. The maximum atomic E-state index is 13.1. The van der Waals surface area contributed by atoms with Gasteiger partial charge in [0.2, 0.25) is 0 Å². The van der Waals surface area contributed by atoms with E-state index in [1.807, 2.05) is 19.0 Å². The first kappa shape index (κ1) is 19.2. The zero-order valence-corrected chi connectivity index (χ0v) is 17.5. The molecule has 0 radical (unpaired) electrons. The van der Waals surface area contributed by atoms with E-state index in [0.717, 1.165) is 0 Å². The summed E-state index contributed by atoms with van der Waals surface area (Å²) in [6.07, 6.45) is 1.50. The minimum Gasteiger partial charge on any atom is -0.490 e. The summed E-state index contributed by atoms with van der Waals surface area (Å²) in [5, 5.41) is 1.14. The van der Waals surface area contributed by atoms with Crippen LogP contribution in [0.4, 0.5) is 0 Å². The number of benzene rings is 2. The van der Waals surface area contributed by atoms with Gasteiger partial charge < -0.3 is 9.64 Å². The average Bonchev–Trinajstić information content (AvgIpc) is 2.95. The number of halogens is 2. The van der Waals surface area contributed by atoms with Crippen molar-refractivity contribution < 1.29 is 13.2 Å². The number of hydrogen-bond acceptors (Lipinski definition) is 4. The van der Waals surface area contributed by atoms with Crippen molar-refractivity contribution in [3.63, 3.8) is 0 Å². The molecule has 3 aromatic rings. The quantitative estimate of drug-likeness (QED) is 0.556. The number of fused-ring (bicyclic) bond motifs is 1. The van der Waals surface area contributed by atoms with Crippen molar-refractivity contribution in [1.82, 2.24) is 8.87 Å². The SMILES string of the molecule is CN(C)CCOc1cn(S(=O)(=O)c2ccccc2)c2c(Br)cc(Cl)cc12. The molecule has 3 rings (SSSR count). The predicted molar refractivity (Wildman–Crippen MR) is 108 cm³/mol. The van der Waals surface area contributed by atoms with E-state index in [1.165, 1.54) is 10.2 Å². The predicted octanol–water partition coefficient (Wildman–Crippen LogP) is 4.23. The standard InChI is InChI=1S/C18H18BrClN2O3S/c1-21(2)8-9-25-17-12-22(18-15(17)10-13(20)11-16(18)19)26(23,24)14-6-4-3-5-7-14/h3-7,10-12H,8-9H2,1-2H3. The normalized spacial score (nSPS) is 12.0. The monoisotopic (exact) mass is 456 g/mol. The molecule has 26 heavy (non-hydrogen) atoms. The molecule has 0 saturated carbocycles. The lowest BCUT2D eigenvalue weighted by Gasteiger charge is -2.10. The van der Waals surface area contributed by atoms with Crippen LogP contribution in [0.2, 0.25) is 5.02 Å². The molecule has 0 amide bonds. The van der Waals surface area contributed by atoms with Crippen molar-refractivity contribution in [3.05, 3.63) is 58.2 Å². The molecule has 8 heteroatoms. The van der Waals surface area contributed by atoms with Crippen molar-refractivity contribution in [3.8, 4) is 5.75 Å². The van der Waals surface area contributed by atoms with E-state index in [0.29, 0.717) is 39.3 Å². The zero-order valence-electron chi connectivity index (χ0n) is 14.3. The summed E-state index contributed by atoms with van der Waals surface area (Å²) in [5.74, 6) is 0.476. The third-order valence-corrected chi connectivity index (χ3v) is 6.34. The fourth-order valence-electron chi connectivity index (χ4n) is 2.57. The summed E-state index contributed by atoms with van der Waals surface area (Å²) in [5.41, 5.74) is 0.498. The number of nitrogens with zero attached hydrogens (tertiary/aromatic N) is 2. The van der Waals surface area contributed by atoms with Gasteiger partial charge in [0, 0.05) is 21.4 Å². The molecule has 0 atom stereocenters. The molecular formula is C18H18BrClN2O3S. The maximum absolute atomic E-state index is 13.1. The van der Waals surface area contributed by atoms with Gasteiger partial charge in [-0.15, -0.1) is 0 Å². The van der Waals surface area contributed by atoms with Gasteiger partial charge in [-0.2, -0.15) is 0 Å². The van der Waals surface area contributed by atoms with Gasteiger partial charge in [-0.05, 0) is 54.3 Å². The van der Waals surface area contributed by atoms with Gasteiger partial charge in [-0.1, -0.05) is 29.8 Å². The van der Waals surface area contributed by atoms with Crippen LogP contribution >= 0.6 is 27.5 Å². The van der Waals surface area contributed by atoms with Crippen molar-refractivity contribution in [2.24, 2.45) is 0 Å². The van der Waals surface area contributed by atoms with Gasteiger partial charge in [0.25, 0.3) is 10.0 Å². The van der Waals surface area contributed by atoms with Gasteiger partial charge in [0.05, 0.1) is 16.6 Å². The third kappa shape index (κ3) is 3.76. The molecule has 0 bridgehead atoms. The Kier molecular flexibility index (Phi) is 5.62. The highest BCUT2D eigenvalue weighted by molar-refractivity contribution is 9.10. The van der Waals surface area contributed by atoms with Crippen LogP contribution in [0.3, 0.4) is 0 Å². The van der Waals surface area contributed by atoms with Gasteiger partial charge in [0.15, 0.2) is 0 Å². The first-order valence-electron chi connectivity index (χ1n) is 7.89. The fraction of sp³-hybridized carbons (Fsp3) is 0.222. The van der Waals surface area contributed by atoms with Gasteiger partial charge >= 0.3 is 0 Å². The largest absolute Gasteiger partial charge is 0.490 e. The molecule has 0 unspecified atom stereocenters. The minimum atomic E-state index is -3.77. The summed E-state index contributed by atoms with van der Waals surface area (Å²) in [6.45, 7) is 1.14. The average molecular weight is 458 g/mol. The molecule has 0 saturated heterocycles. The van der Waals surface area contributed by atoms with Crippen LogP contribution in [0.5, 0.6) is 5.75 Å². The number of hydrogen-bond donors (Lipinski definition) is 0. The summed E-state index contributed by atoms with van der Waals surface area (Å²) in [6, 6.07) is 11.7. The first-order chi connectivity index (χ1) is 12.3. The van der Waals surface area contributed by atoms with Crippen LogP contribution in [-0.4, -0.2) is 44.5 Å². The lowest BCUT2D eigenvalue weighted by atomic mass is 10.2. The number of ether oxygens (including phenoxy) is 1. The Morgan fingerprint density at radius 1 is 1.19 bits per heavy atom. The van der Waals surface area contributed by atoms with Crippen molar-refractivity contribution >= 4 is 48.5 Å². The fourth-order valence-corrected chi connectivity index (χ4v) is 5.09. The molecule has 1 aromatic heterocycles. The molecule has 1 heterocycles. The van der Waals surface area contributed by atoms with Crippen molar-refractivity contribution in [1.29, 1.82) is 0 Å². The molecule has 138 valence electrons. The van der Waals surface area contributed by atoms with E-state index in [1.54, 1.807) is 42.5 Å². The molecule has 2 aromatic carbocycles. The van der Waals surface area contributed by atoms with Crippen LogP contribution in [-0.2, 0) is 10.0 Å². The summed E-state index contributed by atoms with van der Waals surface area (Å²) in [7, 11) is 0.121. The van der Waals surface area contributed by atoms with E-state index in [9.17, 15) is 8.42 Å². The van der Waals surface area contributed by atoms with Crippen LogP contribution in [0.25, 0.3) is 10.9 Å². The molecule has 0 aliphatic heterocycles. The smallest absolute Gasteiger partial charge is 0.268 e. The van der Waals surface area contributed by atoms with E-state index in [4.69, 9.17) is 16.3 Å². The highest BCUT2D eigenvalue weighted by Gasteiger charge is 2.23. The Hall–Kier alpha value is -1.54. The lowest BCUT2D eigenvalue weighted by Crippen LogP contribution is -2.19. The second-order valence-corrected chi connectivity index (χ2v) is 9.15. The lowest BCUT2D eigenvalue weighted by molar-refractivity contribution is 0.263. The van der Waals surface area contributed by atoms with Crippen LogP contribution < -0.4 is 4.74 Å². The van der Waals surface area contributed by atoms with E-state index in [-0.39, 0.29) is 4.90 Å². The van der Waals surface area contributed by atoms with E-state index in [2.05, 4.69) is 15.9 Å². The Labute approximate surface area is 166 Å². The van der Waals surface area contributed by atoms with E-state index >= 15 is 0 Å². The molecule has 0 aliphatic rings. The Bertz CT molecular complexity index is 1030. The summed E-state index contributed by atoms with van der Waals surface area (Å²) >= 11 is 9.60. The Balaban J connectivity index is 2.17. The van der Waals surface area contributed by atoms with Crippen molar-refractivity contribution in [2.75, 3.05) is 27.2 Å². The number of rotatable bonds is 6. The van der Waals surface area contributed by atoms with Gasteiger partial charge in [-0.25, -0.2) is 12.4 Å². The topological polar surface area (TPSA) is 51.5 Å². The molecule has 0 aliphatic carbocycles. The summed E-state index contributed by atoms with van der Waals surface area (Å²) in [4.78, 5) is 2.20.